The Hall–Kier alpha value is -1.81. The lowest BCUT2D eigenvalue weighted by atomic mass is 9.79. The molecule has 1 atom stereocenters. The number of likely N-dealkylation sites (N-methyl/N-ethyl adjacent to an activating group) is 1. The van der Waals surface area contributed by atoms with E-state index in [4.69, 9.17) is 4.74 Å². The van der Waals surface area contributed by atoms with Crippen molar-refractivity contribution in [3.63, 3.8) is 0 Å². The zero-order valence-corrected chi connectivity index (χ0v) is 10.6. The van der Waals surface area contributed by atoms with Gasteiger partial charge in [0.05, 0.1) is 13.7 Å². The Balaban J connectivity index is 2.64. The van der Waals surface area contributed by atoms with Crippen molar-refractivity contribution in [2.24, 2.45) is 0 Å². The van der Waals surface area contributed by atoms with Crippen LogP contribution in [0.25, 0.3) is 0 Å². The lowest BCUT2D eigenvalue weighted by Crippen LogP contribution is -2.41. The first kappa shape index (κ1) is 12.6. The van der Waals surface area contributed by atoms with E-state index in [9.17, 15) is 9.90 Å². The first-order valence-corrected chi connectivity index (χ1v) is 5.79. The van der Waals surface area contributed by atoms with Gasteiger partial charge in [-0.15, -0.1) is 6.58 Å². The number of hydrogen-bond acceptors (Lipinski definition) is 3. The van der Waals surface area contributed by atoms with Crippen molar-refractivity contribution in [2.45, 2.75) is 11.8 Å². The van der Waals surface area contributed by atoms with Gasteiger partial charge >= 0.3 is 0 Å². The van der Waals surface area contributed by atoms with E-state index in [2.05, 4.69) is 6.58 Å². The number of ether oxygens (including phenoxy) is 1. The number of benzene rings is 1. The van der Waals surface area contributed by atoms with Crippen molar-refractivity contribution in [2.75, 3.05) is 25.7 Å². The lowest BCUT2D eigenvalue weighted by Gasteiger charge is -2.24. The maximum atomic E-state index is 12.4. The van der Waals surface area contributed by atoms with Gasteiger partial charge < -0.3 is 14.7 Å². The van der Waals surface area contributed by atoms with Crippen LogP contribution in [-0.2, 0) is 10.2 Å². The molecule has 0 radical (unpaired) electrons. The molecular formula is C14H17NO3. The van der Waals surface area contributed by atoms with Gasteiger partial charge in [-0.2, -0.15) is 0 Å². The van der Waals surface area contributed by atoms with Gasteiger partial charge in [0, 0.05) is 12.7 Å². The van der Waals surface area contributed by atoms with E-state index in [1.54, 1.807) is 25.1 Å². The third-order valence-electron chi connectivity index (χ3n) is 3.56. The molecule has 1 N–H and O–H groups in total. The minimum absolute atomic E-state index is 0.104. The molecule has 0 fully saturated rings. The van der Waals surface area contributed by atoms with Gasteiger partial charge in [-0.1, -0.05) is 6.08 Å². The molecule has 1 aromatic carbocycles. The summed E-state index contributed by atoms with van der Waals surface area (Å²) in [6.45, 7) is 3.45. The first-order valence-electron chi connectivity index (χ1n) is 5.79. The van der Waals surface area contributed by atoms with Crippen molar-refractivity contribution in [3.8, 4) is 5.75 Å². The number of anilines is 1. The average molecular weight is 247 g/mol. The summed E-state index contributed by atoms with van der Waals surface area (Å²) >= 11 is 0. The van der Waals surface area contributed by atoms with Crippen LogP contribution in [0.1, 0.15) is 12.0 Å². The molecule has 0 spiro atoms. The van der Waals surface area contributed by atoms with Crippen LogP contribution in [0.3, 0.4) is 0 Å². The molecule has 4 heteroatoms. The normalized spacial score (nSPS) is 21.9. The second-order valence-electron chi connectivity index (χ2n) is 4.48. The number of amides is 1. The van der Waals surface area contributed by atoms with E-state index in [1.807, 2.05) is 18.2 Å². The van der Waals surface area contributed by atoms with Crippen molar-refractivity contribution in [1.82, 2.24) is 0 Å². The highest BCUT2D eigenvalue weighted by Crippen LogP contribution is 2.44. The van der Waals surface area contributed by atoms with Gasteiger partial charge in [0.15, 0.2) is 0 Å². The zero-order chi connectivity index (χ0) is 13.3. The van der Waals surface area contributed by atoms with Gasteiger partial charge in [0.25, 0.3) is 0 Å². The Morgan fingerprint density at radius 3 is 2.83 bits per heavy atom. The summed E-state index contributed by atoms with van der Waals surface area (Å²) in [5.41, 5.74) is 0.703. The number of allylic oxidation sites excluding steroid dienone is 1. The summed E-state index contributed by atoms with van der Waals surface area (Å²) in [6, 6.07) is 5.47. The molecule has 1 aliphatic heterocycles. The molecule has 0 saturated heterocycles. The molecule has 0 aromatic heterocycles. The van der Waals surface area contributed by atoms with Gasteiger partial charge in [-0.05, 0) is 30.2 Å². The zero-order valence-electron chi connectivity index (χ0n) is 10.6. The van der Waals surface area contributed by atoms with E-state index in [-0.39, 0.29) is 12.5 Å². The highest BCUT2D eigenvalue weighted by atomic mass is 16.5. The minimum Gasteiger partial charge on any atom is -0.497 e. The first-order chi connectivity index (χ1) is 8.60. The van der Waals surface area contributed by atoms with Crippen LogP contribution in [-0.4, -0.2) is 31.8 Å². The van der Waals surface area contributed by atoms with Gasteiger partial charge in [0.2, 0.25) is 5.91 Å². The number of fused-ring (bicyclic) bond motifs is 1. The predicted molar refractivity (Wildman–Crippen MR) is 70.0 cm³/mol. The predicted octanol–water partition coefficient (Wildman–Crippen LogP) is 1.48. The van der Waals surface area contributed by atoms with Crippen LogP contribution in [0.15, 0.2) is 30.9 Å². The van der Waals surface area contributed by atoms with Crippen molar-refractivity contribution < 1.29 is 14.6 Å². The van der Waals surface area contributed by atoms with Crippen molar-refractivity contribution >= 4 is 11.6 Å². The lowest BCUT2D eigenvalue weighted by molar-refractivity contribution is -0.124. The minimum atomic E-state index is -0.916. The van der Waals surface area contributed by atoms with E-state index in [0.29, 0.717) is 12.2 Å². The van der Waals surface area contributed by atoms with Crippen LogP contribution >= 0.6 is 0 Å². The fourth-order valence-electron chi connectivity index (χ4n) is 2.52. The summed E-state index contributed by atoms with van der Waals surface area (Å²) < 4.78 is 5.19. The molecule has 0 aliphatic carbocycles. The standard InChI is InChI=1S/C14H17NO3/c1-4-7-14(9-16)11-8-10(18-3)5-6-12(11)15(2)13(14)17/h4-6,8,16H,1,7,9H2,2-3H3. The molecule has 1 unspecified atom stereocenters. The third kappa shape index (κ3) is 1.53. The van der Waals surface area contributed by atoms with E-state index in [0.717, 1.165) is 11.3 Å². The quantitative estimate of drug-likeness (QED) is 0.820. The largest absolute Gasteiger partial charge is 0.497 e. The number of rotatable bonds is 4. The highest BCUT2D eigenvalue weighted by Gasteiger charge is 2.48. The molecule has 0 bridgehead atoms. The number of methoxy groups -OCH3 is 1. The fourth-order valence-corrected chi connectivity index (χ4v) is 2.52. The van der Waals surface area contributed by atoms with E-state index >= 15 is 0 Å². The Morgan fingerprint density at radius 2 is 2.28 bits per heavy atom. The molecule has 1 amide bonds. The van der Waals surface area contributed by atoms with Gasteiger partial charge in [-0.25, -0.2) is 0 Å². The maximum Gasteiger partial charge on any atom is 0.240 e. The summed E-state index contributed by atoms with van der Waals surface area (Å²) in [5.74, 6) is 0.576. The molecular weight excluding hydrogens is 230 g/mol. The topological polar surface area (TPSA) is 49.8 Å². The number of carbonyl (C=O) groups excluding carboxylic acids is 1. The summed E-state index contributed by atoms with van der Waals surface area (Å²) in [6.07, 6.45) is 2.07. The number of nitrogens with zero attached hydrogens (tertiary/aromatic N) is 1. The number of hydrogen-bond donors (Lipinski definition) is 1. The Labute approximate surface area is 106 Å². The number of carbonyl (C=O) groups is 1. The fraction of sp³-hybridized carbons (Fsp3) is 0.357. The summed E-state index contributed by atoms with van der Waals surface area (Å²) in [7, 11) is 3.30. The number of aliphatic hydroxyl groups is 1. The molecule has 1 aliphatic rings. The molecule has 0 saturated carbocycles. The number of aliphatic hydroxyl groups excluding tert-OH is 1. The second-order valence-corrected chi connectivity index (χ2v) is 4.48. The highest BCUT2D eigenvalue weighted by molar-refractivity contribution is 6.08. The summed E-state index contributed by atoms with van der Waals surface area (Å²) in [5, 5.41) is 9.71. The Kier molecular flexibility index (Phi) is 3.13. The summed E-state index contributed by atoms with van der Waals surface area (Å²) in [4.78, 5) is 14.0. The molecule has 1 heterocycles. The molecule has 4 nitrogen and oxygen atoms in total. The Bertz CT molecular complexity index is 498. The van der Waals surface area contributed by atoms with Crippen LogP contribution in [0, 0.1) is 0 Å². The molecule has 96 valence electrons. The van der Waals surface area contributed by atoms with Crippen LogP contribution in [0.2, 0.25) is 0 Å². The molecule has 1 aromatic rings. The third-order valence-corrected chi connectivity index (χ3v) is 3.56. The molecule has 18 heavy (non-hydrogen) atoms. The Morgan fingerprint density at radius 1 is 1.56 bits per heavy atom. The second kappa shape index (κ2) is 4.46. The van der Waals surface area contributed by atoms with E-state index < -0.39 is 5.41 Å². The van der Waals surface area contributed by atoms with Crippen LogP contribution in [0.5, 0.6) is 5.75 Å². The maximum absolute atomic E-state index is 12.4. The van der Waals surface area contributed by atoms with Gasteiger partial charge in [0.1, 0.15) is 11.2 Å². The van der Waals surface area contributed by atoms with Crippen molar-refractivity contribution in [3.05, 3.63) is 36.4 Å². The van der Waals surface area contributed by atoms with Crippen LogP contribution < -0.4 is 9.64 Å². The van der Waals surface area contributed by atoms with Gasteiger partial charge in [-0.3, -0.25) is 4.79 Å². The SMILES string of the molecule is C=CCC1(CO)C(=O)N(C)c2ccc(OC)cc21. The van der Waals surface area contributed by atoms with E-state index in [1.165, 1.54) is 0 Å². The van der Waals surface area contributed by atoms with Crippen molar-refractivity contribution in [1.29, 1.82) is 0 Å². The molecule has 2 rings (SSSR count). The average Bonchev–Trinajstić information content (AvgIpc) is 2.61. The van der Waals surface area contributed by atoms with Crippen LogP contribution in [0.4, 0.5) is 5.69 Å². The smallest absolute Gasteiger partial charge is 0.240 e. The monoisotopic (exact) mass is 247 g/mol.